The van der Waals surface area contributed by atoms with Crippen LogP contribution in [0.2, 0.25) is 0 Å². The number of hydrogen-bond acceptors (Lipinski definition) is 4. The molecule has 0 fully saturated rings. The highest BCUT2D eigenvalue weighted by Gasteiger charge is 2.25. The van der Waals surface area contributed by atoms with Crippen LogP contribution in [0.25, 0.3) is 0 Å². The maximum Gasteiger partial charge on any atom is 0.210 e. The first-order valence-electron chi connectivity index (χ1n) is 13.5. The lowest BCUT2D eigenvalue weighted by molar-refractivity contribution is 0.270. The number of hydrogen-bond donors (Lipinski definition) is 2. The molecule has 8 heteroatoms. The van der Waals surface area contributed by atoms with Crippen molar-refractivity contribution < 1.29 is 10.2 Å². The number of aromatic hydroxyl groups is 2. The molecule has 200 valence electrons. The molecular weight excluding hydrogens is 476 g/mol. The van der Waals surface area contributed by atoms with E-state index in [2.05, 4.69) is 27.7 Å². The molecule has 0 saturated carbocycles. The van der Waals surface area contributed by atoms with Gasteiger partial charge in [-0.1, -0.05) is 57.8 Å². The fourth-order valence-electron chi connectivity index (χ4n) is 5.12. The van der Waals surface area contributed by atoms with Crippen LogP contribution in [0.3, 0.4) is 0 Å². The van der Waals surface area contributed by atoms with Crippen molar-refractivity contribution in [3.05, 3.63) is 21.9 Å². The van der Waals surface area contributed by atoms with Crippen molar-refractivity contribution in [3.8, 4) is 11.8 Å². The van der Waals surface area contributed by atoms with Gasteiger partial charge in [-0.25, -0.2) is 0 Å². The second kappa shape index (κ2) is 13.1. The summed E-state index contributed by atoms with van der Waals surface area (Å²) in [6.45, 7) is 14.3. The van der Waals surface area contributed by atoms with E-state index < -0.39 is 0 Å². The van der Waals surface area contributed by atoms with Crippen molar-refractivity contribution in [3.63, 3.8) is 0 Å². The molecule has 35 heavy (non-hydrogen) atoms. The van der Waals surface area contributed by atoms with Crippen LogP contribution >= 0.6 is 24.4 Å². The van der Waals surface area contributed by atoms with Gasteiger partial charge in [-0.2, -0.15) is 0 Å². The predicted molar refractivity (Wildman–Crippen MR) is 151 cm³/mol. The van der Waals surface area contributed by atoms with Crippen molar-refractivity contribution in [2.45, 2.75) is 136 Å². The first-order valence-corrected chi connectivity index (χ1v) is 14.3. The average Bonchev–Trinajstić information content (AvgIpc) is 3.25. The summed E-state index contributed by atoms with van der Waals surface area (Å²) in [5.41, 5.74) is -0.342. The fraction of sp³-hybridized carbons (Fsp3) is 0.778. The van der Waals surface area contributed by atoms with Gasteiger partial charge in [0.15, 0.2) is 9.54 Å². The molecule has 0 aromatic carbocycles. The molecule has 2 heterocycles. The van der Waals surface area contributed by atoms with Gasteiger partial charge in [-0.05, 0) is 78.8 Å². The molecule has 2 aromatic rings. The largest absolute Gasteiger partial charge is 0.493 e. The van der Waals surface area contributed by atoms with Crippen molar-refractivity contribution in [1.29, 1.82) is 0 Å². The van der Waals surface area contributed by atoms with Crippen molar-refractivity contribution in [1.82, 2.24) is 18.3 Å². The zero-order chi connectivity index (χ0) is 26.2. The highest BCUT2D eigenvalue weighted by molar-refractivity contribution is 7.71. The first-order chi connectivity index (χ1) is 16.5. The van der Waals surface area contributed by atoms with Crippen LogP contribution < -0.4 is 0 Å². The average molecular weight is 525 g/mol. The number of nitrogens with zero attached hydrogens (tertiary/aromatic N) is 4. The summed E-state index contributed by atoms with van der Waals surface area (Å²) in [5.74, 6) is 0.536. The highest BCUT2D eigenvalue weighted by Crippen LogP contribution is 2.31. The Labute approximate surface area is 222 Å². The Balaban J connectivity index is 1.59. The molecule has 0 amide bonds. The quantitative estimate of drug-likeness (QED) is 0.171. The third-order valence-electron chi connectivity index (χ3n) is 7.34. The van der Waals surface area contributed by atoms with Crippen molar-refractivity contribution in [2.24, 2.45) is 0 Å². The van der Waals surface area contributed by atoms with E-state index in [9.17, 15) is 10.2 Å². The third kappa shape index (κ3) is 7.72. The van der Waals surface area contributed by atoms with Gasteiger partial charge < -0.3 is 19.3 Å². The fourth-order valence-corrected chi connectivity index (χ4v) is 6.17. The number of unbranched alkanes of at least 4 members (excludes halogenated alkanes) is 8. The Morgan fingerprint density at radius 3 is 1.14 bits per heavy atom. The first kappa shape index (κ1) is 29.7. The van der Waals surface area contributed by atoms with Crippen LogP contribution in [0.5, 0.6) is 11.8 Å². The Kier molecular flexibility index (Phi) is 11.1. The van der Waals surface area contributed by atoms with Gasteiger partial charge in [0.1, 0.15) is 0 Å². The minimum absolute atomic E-state index is 0.171. The van der Waals surface area contributed by atoms with E-state index in [0.717, 1.165) is 38.8 Å². The van der Waals surface area contributed by atoms with Gasteiger partial charge in [0, 0.05) is 24.2 Å². The summed E-state index contributed by atoms with van der Waals surface area (Å²) in [6.07, 6.45) is 16.7. The topological polar surface area (TPSA) is 60.2 Å². The van der Waals surface area contributed by atoms with Gasteiger partial charge in [-0.15, -0.1) is 0 Å². The molecule has 0 aliphatic rings. The molecule has 0 unspecified atom stereocenters. The van der Waals surface area contributed by atoms with Crippen LogP contribution in [0.4, 0.5) is 0 Å². The van der Waals surface area contributed by atoms with Crippen LogP contribution in [-0.2, 0) is 24.2 Å². The van der Waals surface area contributed by atoms with E-state index in [1.165, 1.54) is 44.9 Å². The maximum absolute atomic E-state index is 10.3. The summed E-state index contributed by atoms with van der Waals surface area (Å²) in [4.78, 5) is 0. The van der Waals surface area contributed by atoms with Crippen molar-refractivity contribution in [2.75, 3.05) is 0 Å². The van der Waals surface area contributed by atoms with Crippen LogP contribution in [-0.4, -0.2) is 28.5 Å². The van der Waals surface area contributed by atoms with Gasteiger partial charge in [-0.3, -0.25) is 9.13 Å². The lowest BCUT2D eigenvalue weighted by atomic mass is 9.95. The lowest BCUT2D eigenvalue weighted by Gasteiger charge is -2.27. The number of rotatable bonds is 16. The summed E-state index contributed by atoms with van der Waals surface area (Å²) in [7, 11) is 0. The summed E-state index contributed by atoms with van der Waals surface area (Å²) >= 11 is 11.1. The molecule has 0 aliphatic carbocycles. The SMILES string of the molecule is CCn1cc(O)n(C(C)(C)CCCCCCCCCCCC(C)(C)n2c(O)cn(CC)c2=S)c1=S. The Morgan fingerprint density at radius 2 is 0.886 bits per heavy atom. The minimum Gasteiger partial charge on any atom is -0.493 e. The second-order valence-corrected chi connectivity index (χ2v) is 11.8. The van der Waals surface area contributed by atoms with Gasteiger partial charge >= 0.3 is 0 Å². The monoisotopic (exact) mass is 524 g/mol. The Hall–Kier alpha value is -1.54. The minimum atomic E-state index is -0.171. The summed E-state index contributed by atoms with van der Waals surface area (Å²) in [5, 5.41) is 20.7. The van der Waals surface area contributed by atoms with Gasteiger partial charge in [0.05, 0.1) is 12.4 Å². The van der Waals surface area contributed by atoms with Crippen LogP contribution in [0.1, 0.15) is 112 Å². The molecule has 2 aromatic heterocycles. The standard InChI is InChI=1S/C27H48N4O2S2/c1-7-28-20-22(32)30(24(28)34)26(3,4)18-16-14-12-10-9-11-13-15-17-19-27(5,6)31-23(33)21-29(8-2)25(31)35/h20-21,32-33H,7-19H2,1-6H3. The molecule has 0 bridgehead atoms. The molecule has 0 aliphatic heterocycles. The molecule has 0 radical (unpaired) electrons. The lowest BCUT2D eigenvalue weighted by Crippen LogP contribution is -2.26. The second-order valence-electron chi connectivity index (χ2n) is 11.1. The molecule has 2 rings (SSSR count). The van der Waals surface area contributed by atoms with Gasteiger partial charge in [0.2, 0.25) is 11.8 Å². The maximum atomic E-state index is 10.3. The third-order valence-corrected chi connectivity index (χ3v) is 8.18. The van der Waals surface area contributed by atoms with Crippen LogP contribution in [0, 0.1) is 9.54 Å². The normalized spacial score (nSPS) is 12.5. The van der Waals surface area contributed by atoms with E-state index in [0.29, 0.717) is 9.54 Å². The van der Waals surface area contributed by atoms with Crippen molar-refractivity contribution >= 4 is 24.4 Å². The van der Waals surface area contributed by atoms with E-state index in [4.69, 9.17) is 24.4 Å². The smallest absolute Gasteiger partial charge is 0.210 e. The summed E-state index contributed by atoms with van der Waals surface area (Å²) < 4.78 is 9.07. The van der Waals surface area contributed by atoms with Crippen LogP contribution in [0.15, 0.2) is 12.4 Å². The zero-order valence-corrected chi connectivity index (χ0v) is 24.5. The van der Waals surface area contributed by atoms with Gasteiger partial charge in [0.25, 0.3) is 0 Å². The highest BCUT2D eigenvalue weighted by atomic mass is 32.1. The molecule has 0 spiro atoms. The number of imidazole rings is 2. The Bertz CT molecular complexity index is 960. The van der Waals surface area contributed by atoms with E-state index in [1.54, 1.807) is 12.4 Å². The summed E-state index contributed by atoms with van der Waals surface area (Å²) in [6, 6.07) is 0. The van der Waals surface area contributed by atoms with E-state index in [-0.39, 0.29) is 22.8 Å². The number of aryl methyl sites for hydroxylation is 2. The predicted octanol–water partition coefficient (Wildman–Crippen LogP) is 8.26. The molecule has 2 N–H and O–H groups in total. The molecule has 0 atom stereocenters. The number of aromatic nitrogens is 4. The molecule has 0 saturated heterocycles. The molecular formula is C27H48N4O2S2. The van der Waals surface area contributed by atoms with E-state index in [1.807, 2.05) is 32.1 Å². The molecule has 6 nitrogen and oxygen atoms in total. The zero-order valence-electron chi connectivity index (χ0n) is 22.8. The Morgan fingerprint density at radius 1 is 0.600 bits per heavy atom. The van der Waals surface area contributed by atoms with E-state index >= 15 is 0 Å².